The van der Waals surface area contributed by atoms with Crippen LogP contribution >= 0.6 is 0 Å². The molecule has 10 heteroatoms. The lowest BCUT2D eigenvalue weighted by atomic mass is 9.94. The SMILES string of the molecule is C[C@@H]1C[C@@H](c2ncc(-c3ccc(-c4cccc5c(-c6cnc([C@@H]7C[C@H]8C[C@H]8N7C(=O)OC(C)(C)C)[nH]6)cccc45)cc3)[nH]2)N(C(=O)OC(C)(C)C)[C@@H]1C. The molecule has 1 saturated carbocycles. The van der Waals surface area contributed by atoms with Gasteiger partial charge in [-0.3, -0.25) is 9.80 Å². The highest BCUT2D eigenvalue weighted by atomic mass is 16.6. The summed E-state index contributed by atoms with van der Waals surface area (Å²) >= 11 is 0. The molecule has 5 aromatic rings. The number of aromatic amines is 2. The van der Waals surface area contributed by atoms with Gasteiger partial charge in [0.05, 0.1) is 35.9 Å². The smallest absolute Gasteiger partial charge is 0.411 e. The van der Waals surface area contributed by atoms with Crippen LogP contribution in [0.5, 0.6) is 0 Å². The molecule has 2 N–H and O–H groups in total. The standard InChI is InChI=1S/C43H50N6O4/c1-24-19-36(48(25(24)2)40(50)52-42(3,4)5)38-44-22-33(46-38)27-17-15-26(16-18-27)29-11-9-13-31-30(29)12-10-14-32(31)34-23-45-39(47-34)37-21-28-20-35(28)49(37)41(51)53-43(6,7)8/h9-18,22-25,28,35-37H,19-21H2,1-8H3,(H,44,46)(H,45,47)/t24-,25-,28-,35-,36+,37+/m1/s1. The van der Waals surface area contributed by atoms with Crippen molar-refractivity contribution in [1.29, 1.82) is 0 Å². The minimum Gasteiger partial charge on any atom is -0.444 e. The second-order valence-electron chi connectivity index (χ2n) is 17.2. The number of aromatic nitrogens is 4. The molecule has 276 valence electrons. The molecule has 6 atom stereocenters. The summed E-state index contributed by atoms with van der Waals surface area (Å²) in [5, 5.41) is 2.26. The summed E-state index contributed by atoms with van der Waals surface area (Å²) in [6.45, 7) is 15.7. The van der Waals surface area contributed by atoms with Gasteiger partial charge in [0, 0.05) is 17.6 Å². The lowest BCUT2D eigenvalue weighted by Crippen LogP contribution is -2.41. The molecule has 0 spiro atoms. The maximum atomic E-state index is 13.2. The van der Waals surface area contributed by atoms with E-state index in [9.17, 15) is 9.59 Å². The molecule has 4 heterocycles. The van der Waals surface area contributed by atoms with Crippen molar-refractivity contribution in [2.24, 2.45) is 11.8 Å². The number of imidazole rings is 2. The van der Waals surface area contributed by atoms with Crippen LogP contribution in [0.3, 0.4) is 0 Å². The molecule has 3 aromatic carbocycles. The number of nitrogens with zero attached hydrogens (tertiary/aromatic N) is 4. The summed E-state index contributed by atoms with van der Waals surface area (Å²) in [7, 11) is 0. The number of hydrogen-bond acceptors (Lipinski definition) is 6. The Morgan fingerprint density at radius 2 is 1.19 bits per heavy atom. The minimum atomic E-state index is -0.570. The van der Waals surface area contributed by atoms with E-state index in [0.717, 1.165) is 75.3 Å². The molecule has 8 rings (SSSR count). The molecule has 0 unspecified atom stereocenters. The summed E-state index contributed by atoms with van der Waals surface area (Å²) in [6.07, 6.45) is 5.94. The quantitative estimate of drug-likeness (QED) is 0.187. The highest BCUT2D eigenvalue weighted by Crippen LogP contribution is 2.53. The molecule has 53 heavy (non-hydrogen) atoms. The van der Waals surface area contributed by atoms with E-state index < -0.39 is 11.2 Å². The Kier molecular flexibility index (Phi) is 8.42. The Morgan fingerprint density at radius 1 is 0.660 bits per heavy atom. The second-order valence-corrected chi connectivity index (χ2v) is 17.2. The average Bonchev–Trinajstić information content (AvgIpc) is 3.54. The molecule has 10 nitrogen and oxygen atoms in total. The first-order valence-electron chi connectivity index (χ1n) is 18.9. The fraction of sp³-hybridized carbons (Fsp3) is 0.442. The summed E-state index contributed by atoms with van der Waals surface area (Å²) in [4.78, 5) is 46.8. The molecule has 2 saturated heterocycles. The number of carbonyl (C=O) groups excluding carboxylic acids is 2. The van der Waals surface area contributed by atoms with E-state index in [-0.39, 0.29) is 36.4 Å². The van der Waals surface area contributed by atoms with E-state index in [0.29, 0.717) is 11.8 Å². The van der Waals surface area contributed by atoms with Gasteiger partial charge in [-0.15, -0.1) is 0 Å². The average molecular weight is 715 g/mol. The maximum Gasteiger partial charge on any atom is 0.411 e. The number of benzene rings is 3. The predicted molar refractivity (Wildman–Crippen MR) is 206 cm³/mol. The number of carbonyl (C=O) groups is 2. The fourth-order valence-corrected chi connectivity index (χ4v) is 8.27. The molecular weight excluding hydrogens is 665 g/mol. The number of hydrogen-bond donors (Lipinski definition) is 2. The fourth-order valence-electron chi connectivity index (χ4n) is 8.27. The van der Waals surface area contributed by atoms with Crippen molar-refractivity contribution in [2.75, 3.05) is 0 Å². The maximum absolute atomic E-state index is 13.2. The third-order valence-electron chi connectivity index (χ3n) is 11.0. The van der Waals surface area contributed by atoms with Crippen LogP contribution in [-0.2, 0) is 9.47 Å². The van der Waals surface area contributed by atoms with Gasteiger partial charge in [0.15, 0.2) is 0 Å². The van der Waals surface area contributed by atoms with Crippen LogP contribution in [0.15, 0.2) is 73.1 Å². The van der Waals surface area contributed by atoms with Gasteiger partial charge >= 0.3 is 12.2 Å². The van der Waals surface area contributed by atoms with E-state index in [4.69, 9.17) is 19.4 Å². The van der Waals surface area contributed by atoms with Crippen molar-refractivity contribution in [1.82, 2.24) is 29.7 Å². The third-order valence-corrected chi connectivity index (χ3v) is 11.0. The highest BCUT2D eigenvalue weighted by Gasteiger charge is 2.56. The number of fused-ring (bicyclic) bond motifs is 2. The number of piperidine rings is 1. The van der Waals surface area contributed by atoms with Gasteiger partial charge in [-0.25, -0.2) is 19.6 Å². The minimum absolute atomic E-state index is 0.0477. The van der Waals surface area contributed by atoms with Crippen LogP contribution in [0.2, 0.25) is 0 Å². The Hall–Kier alpha value is -5.12. The number of amides is 2. The Morgan fingerprint density at radius 3 is 1.83 bits per heavy atom. The molecule has 0 radical (unpaired) electrons. The Balaban J connectivity index is 1.03. The molecule has 3 aliphatic rings. The Labute approximate surface area is 311 Å². The zero-order valence-corrected chi connectivity index (χ0v) is 31.9. The van der Waals surface area contributed by atoms with Gasteiger partial charge in [-0.1, -0.05) is 67.6 Å². The summed E-state index contributed by atoms with van der Waals surface area (Å²) in [5.41, 5.74) is 5.03. The van der Waals surface area contributed by atoms with Crippen LogP contribution in [0.1, 0.15) is 98.4 Å². The van der Waals surface area contributed by atoms with Crippen molar-refractivity contribution in [3.8, 4) is 33.6 Å². The van der Waals surface area contributed by atoms with Crippen molar-refractivity contribution >= 4 is 23.0 Å². The van der Waals surface area contributed by atoms with Crippen LogP contribution < -0.4 is 0 Å². The van der Waals surface area contributed by atoms with Gasteiger partial charge in [-0.2, -0.15) is 0 Å². The zero-order chi connectivity index (χ0) is 37.4. The molecule has 2 aliphatic heterocycles. The zero-order valence-electron chi connectivity index (χ0n) is 31.9. The van der Waals surface area contributed by atoms with E-state index in [1.54, 1.807) is 0 Å². The van der Waals surface area contributed by atoms with Crippen molar-refractivity contribution < 1.29 is 19.1 Å². The van der Waals surface area contributed by atoms with Gasteiger partial charge in [-0.05, 0) is 107 Å². The number of H-pyrrole nitrogens is 2. The molecule has 3 fully saturated rings. The summed E-state index contributed by atoms with van der Waals surface area (Å²) < 4.78 is 11.6. The normalized spacial score (nSPS) is 24.1. The first-order valence-corrected chi connectivity index (χ1v) is 18.9. The number of nitrogens with one attached hydrogen (secondary N) is 2. The van der Waals surface area contributed by atoms with Crippen molar-refractivity contribution in [3.63, 3.8) is 0 Å². The number of likely N-dealkylation sites (tertiary alicyclic amines) is 2. The van der Waals surface area contributed by atoms with Gasteiger partial charge in [0.1, 0.15) is 22.9 Å². The largest absolute Gasteiger partial charge is 0.444 e. The van der Waals surface area contributed by atoms with Crippen LogP contribution in [-0.4, -0.2) is 65.2 Å². The van der Waals surface area contributed by atoms with Crippen molar-refractivity contribution in [2.45, 2.75) is 110 Å². The first kappa shape index (κ1) is 34.9. The topological polar surface area (TPSA) is 116 Å². The van der Waals surface area contributed by atoms with E-state index in [1.165, 1.54) is 0 Å². The third kappa shape index (κ3) is 6.68. The molecule has 2 aromatic heterocycles. The number of ether oxygens (including phenoxy) is 2. The highest BCUT2D eigenvalue weighted by molar-refractivity contribution is 6.04. The molecule has 2 amide bonds. The van der Waals surface area contributed by atoms with Gasteiger partial charge < -0.3 is 19.4 Å². The van der Waals surface area contributed by atoms with E-state index in [2.05, 4.69) is 84.5 Å². The monoisotopic (exact) mass is 714 g/mol. The second kappa shape index (κ2) is 12.8. The van der Waals surface area contributed by atoms with Crippen LogP contribution in [0, 0.1) is 11.8 Å². The van der Waals surface area contributed by atoms with Gasteiger partial charge in [0.2, 0.25) is 0 Å². The molecule has 1 aliphatic carbocycles. The predicted octanol–water partition coefficient (Wildman–Crippen LogP) is 10.1. The Bertz CT molecular complexity index is 2170. The van der Waals surface area contributed by atoms with E-state index in [1.807, 2.05) is 63.7 Å². The first-order chi connectivity index (χ1) is 25.1. The summed E-state index contributed by atoms with van der Waals surface area (Å²) in [6, 6.07) is 21.3. The van der Waals surface area contributed by atoms with Crippen LogP contribution in [0.4, 0.5) is 9.59 Å². The van der Waals surface area contributed by atoms with Gasteiger partial charge in [0.25, 0.3) is 0 Å². The summed E-state index contributed by atoms with van der Waals surface area (Å²) in [5.74, 6) is 2.41. The van der Waals surface area contributed by atoms with Crippen LogP contribution in [0.25, 0.3) is 44.4 Å². The van der Waals surface area contributed by atoms with E-state index >= 15 is 0 Å². The molecule has 0 bridgehead atoms. The number of rotatable bonds is 5. The van der Waals surface area contributed by atoms with Crippen molar-refractivity contribution in [3.05, 3.63) is 84.7 Å². The lowest BCUT2D eigenvalue weighted by molar-refractivity contribution is 0.0137. The lowest BCUT2D eigenvalue weighted by Gasteiger charge is -2.31. The molecular formula is C43H50N6O4.